The van der Waals surface area contributed by atoms with Gasteiger partial charge in [-0.15, -0.1) is 12.4 Å². The summed E-state index contributed by atoms with van der Waals surface area (Å²) in [7, 11) is -2.05. The summed E-state index contributed by atoms with van der Waals surface area (Å²) in [5.74, 6) is 0.456. The van der Waals surface area contributed by atoms with Gasteiger partial charge in [-0.1, -0.05) is 11.6 Å². The van der Waals surface area contributed by atoms with E-state index >= 15 is 0 Å². The molecule has 0 radical (unpaired) electrons. The SMILES string of the molecule is COc1ccc(S(=O)(=O)N2CCCC2CN)cc1Cl.Cl. The minimum atomic E-state index is -3.53. The van der Waals surface area contributed by atoms with Gasteiger partial charge in [-0.3, -0.25) is 0 Å². The molecule has 2 N–H and O–H groups in total. The Kier molecular flexibility index (Phi) is 6.09. The number of rotatable bonds is 4. The first-order valence-electron chi connectivity index (χ1n) is 6.06. The molecule has 1 atom stereocenters. The first-order valence-corrected chi connectivity index (χ1v) is 7.88. The summed E-state index contributed by atoms with van der Waals surface area (Å²) in [5, 5.41) is 0.284. The van der Waals surface area contributed by atoms with Gasteiger partial charge in [0.2, 0.25) is 10.0 Å². The second-order valence-electron chi connectivity index (χ2n) is 4.44. The fourth-order valence-corrected chi connectivity index (χ4v) is 4.36. The molecule has 0 aromatic heterocycles. The van der Waals surface area contributed by atoms with Crippen molar-refractivity contribution in [3.8, 4) is 5.75 Å². The molecule has 0 amide bonds. The van der Waals surface area contributed by atoms with E-state index < -0.39 is 10.0 Å². The molecule has 1 heterocycles. The van der Waals surface area contributed by atoms with E-state index in [4.69, 9.17) is 22.1 Å². The molecule has 20 heavy (non-hydrogen) atoms. The standard InChI is InChI=1S/C12H17ClN2O3S.ClH/c1-18-12-5-4-10(7-11(12)13)19(16,17)15-6-2-3-9(15)8-14;/h4-5,7,9H,2-3,6,8,14H2,1H3;1H. The molecule has 114 valence electrons. The van der Waals surface area contributed by atoms with Crippen LogP contribution in [0.2, 0.25) is 5.02 Å². The zero-order chi connectivity index (χ0) is 14.0. The van der Waals surface area contributed by atoms with Crippen molar-refractivity contribution in [2.75, 3.05) is 20.2 Å². The fourth-order valence-electron chi connectivity index (χ4n) is 2.30. The van der Waals surface area contributed by atoms with E-state index in [-0.39, 0.29) is 28.4 Å². The number of sulfonamides is 1. The summed E-state index contributed by atoms with van der Waals surface area (Å²) in [6.45, 7) is 0.844. The van der Waals surface area contributed by atoms with Crippen molar-refractivity contribution in [1.82, 2.24) is 4.31 Å². The molecule has 1 aromatic carbocycles. The van der Waals surface area contributed by atoms with Crippen molar-refractivity contribution >= 4 is 34.0 Å². The molecule has 1 aliphatic rings. The zero-order valence-electron chi connectivity index (χ0n) is 11.1. The van der Waals surface area contributed by atoms with Crippen molar-refractivity contribution in [2.45, 2.75) is 23.8 Å². The minimum Gasteiger partial charge on any atom is -0.495 e. The van der Waals surface area contributed by atoms with Crippen LogP contribution < -0.4 is 10.5 Å². The molecule has 5 nitrogen and oxygen atoms in total. The van der Waals surface area contributed by atoms with E-state index in [1.807, 2.05) is 0 Å². The van der Waals surface area contributed by atoms with Crippen LogP contribution in [0.25, 0.3) is 0 Å². The van der Waals surface area contributed by atoms with Gasteiger partial charge in [0.05, 0.1) is 17.0 Å². The Hall–Kier alpha value is -0.530. The highest BCUT2D eigenvalue weighted by Crippen LogP contribution is 2.31. The number of benzene rings is 1. The van der Waals surface area contributed by atoms with Gasteiger partial charge in [0.15, 0.2) is 0 Å². The predicted molar refractivity (Wildman–Crippen MR) is 81.2 cm³/mol. The normalized spacial score (nSPS) is 19.6. The van der Waals surface area contributed by atoms with Gasteiger partial charge in [-0.05, 0) is 31.0 Å². The minimum absolute atomic E-state index is 0. The number of nitrogens with zero attached hydrogens (tertiary/aromatic N) is 1. The van der Waals surface area contributed by atoms with Crippen molar-refractivity contribution in [2.24, 2.45) is 5.73 Å². The van der Waals surface area contributed by atoms with Crippen LogP contribution in [0, 0.1) is 0 Å². The average molecular weight is 341 g/mol. The first kappa shape index (κ1) is 17.5. The Balaban J connectivity index is 0.00000200. The average Bonchev–Trinajstić information content (AvgIpc) is 2.87. The quantitative estimate of drug-likeness (QED) is 0.908. The highest BCUT2D eigenvalue weighted by atomic mass is 35.5. The third kappa shape index (κ3) is 3.20. The lowest BCUT2D eigenvalue weighted by Gasteiger charge is -2.23. The Morgan fingerprint density at radius 1 is 1.50 bits per heavy atom. The Bertz CT molecular complexity index is 566. The number of hydrogen-bond acceptors (Lipinski definition) is 4. The van der Waals surface area contributed by atoms with Gasteiger partial charge >= 0.3 is 0 Å². The number of methoxy groups -OCH3 is 1. The molecule has 0 saturated carbocycles. The van der Waals surface area contributed by atoms with E-state index in [2.05, 4.69) is 0 Å². The van der Waals surface area contributed by atoms with Crippen LogP contribution in [0.5, 0.6) is 5.75 Å². The van der Waals surface area contributed by atoms with Crippen molar-refractivity contribution in [1.29, 1.82) is 0 Å². The van der Waals surface area contributed by atoms with E-state index in [0.717, 1.165) is 12.8 Å². The Morgan fingerprint density at radius 2 is 2.20 bits per heavy atom. The van der Waals surface area contributed by atoms with E-state index in [1.54, 1.807) is 6.07 Å². The van der Waals surface area contributed by atoms with Gasteiger partial charge in [-0.2, -0.15) is 4.31 Å². The summed E-state index contributed by atoms with van der Waals surface area (Å²) < 4.78 is 31.5. The van der Waals surface area contributed by atoms with E-state index in [1.165, 1.54) is 23.5 Å². The molecule has 8 heteroatoms. The molecule has 1 saturated heterocycles. The number of halogens is 2. The first-order chi connectivity index (χ1) is 9.00. The third-order valence-electron chi connectivity index (χ3n) is 3.33. The van der Waals surface area contributed by atoms with Gasteiger partial charge in [0.1, 0.15) is 5.75 Å². The molecule has 0 bridgehead atoms. The smallest absolute Gasteiger partial charge is 0.243 e. The molecule has 0 aliphatic carbocycles. The second kappa shape index (κ2) is 6.95. The lowest BCUT2D eigenvalue weighted by molar-refractivity contribution is 0.392. The van der Waals surface area contributed by atoms with Crippen LogP contribution in [-0.4, -0.2) is 39.0 Å². The summed E-state index contributed by atoms with van der Waals surface area (Å²) in [6, 6.07) is 4.36. The van der Waals surface area contributed by atoms with Crippen molar-refractivity contribution in [3.05, 3.63) is 23.2 Å². The third-order valence-corrected chi connectivity index (χ3v) is 5.57. The molecular formula is C12H18Cl2N2O3S. The maximum Gasteiger partial charge on any atom is 0.243 e. The van der Waals surface area contributed by atoms with Crippen molar-refractivity contribution < 1.29 is 13.2 Å². The second-order valence-corrected chi connectivity index (χ2v) is 6.74. The van der Waals surface area contributed by atoms with Crippen LogP contribution in [-0.2, 0) is 10.0 Å². The highest BCUT2D eigenvalue weighted by Gasteiger charge is 2.34. The largest absolute Gasteiger partial charge is 0.495 e. The lowest BCUT2D eigenvalue weighted by Crippen LogP contribution is -2.39. The van der Waals surface area contributed by atoms with Gasteiger partial charge in [0, 0.05) is 19.1 Å². The Labute approximate surface area is 130 Å². The topological polar surface area (TPSA) is 72.6 Å². The molecule has 1 aliphatic heterocycles. The van der Waals surface area contributed by atoms with Crippen LogP contribution >= 0.6 is 24.0 Å². The summed E-state index contributed by atoms with van der Waals surface area (Å²) >= 11 is 5.98. The van der Waals surface area contributed by atoms with E-state index in [9.17, 15) is 8.42 Å². The molecule has 2 rings (SSSR count). The maximum atomic E-state index is 12.5. The summed E-state index contributed by atoms with van der Waals surface area (Å²) in [5.41, 5.74) is 5.62. The number of hydrogen-bond donors (Lipinski definition) is 1. The monoisotopic (exact) mass is 340 g/mol. The van der Waals surface area contributed by atoms with Crippen LogP contribution in [0.15, 0.2) is 23.1 Å². The molecule has 1 aromatic rings. The van der Waals surface area contributed by atoms with Crippen molar-refractivity contribution in [3.63, 3.8) is 0 Å². The number of nitrogens with two attached hydrogens (primary N) is 1. The predicted octanol–water partition coefficient (Wildman–Crippen LogP) is 1.88. The van der Waals surface area contributed by atoms with Crippen LogP contribution in [0.1, 0.15) is 12.8 Å². The fraction of sp³-hybridized carbons (Fsp3) is 0.500. The summed E-state index contributed by atoms with van der Waals surface area (Å²) in [6.07, 6.45) is 1.64. The number of ether oxygens (including phenoxy) is 1. The van der Waals surface area contributed by atoms with Crippen LogP contribution in [0.4, 0.5) is 0 Å². The Morgan fingerprint density at radius 3 is 2.75 bits per heavy atom. The molecule has 0 spiro atoms. The molecular weight excluding hydrogens is 323 g/mol. The van der Waals surface area contributed by atoms with Crippen LogP contribution in [0.3, 0.4) is 0 Å². The lowest BCUT2D eigenvalue weighted by atomic mass is 10.2. The maximum absolute atomic E-state index is 12.5. The highest BCUT2D eigenvalue weighted by molar-refractivity contribution is 7.89. The molecule has 1 unspecified atom stereocenters. The van der Waals surface area contributed by atoms with Gasteiger partial charge in [0.25, 0.3) is 0 Å². The summed E-state index contributed by atoms with van der Waals surface area (Å²) in [4.78, 5) is 0.179. The van der Waals surface area contributed by atoms with Gasteiger partial charge < -0.3 is 10.5 Å². The molecule has 1 fully saturated rings. The van der Waals surface area contributed by atoms with E-state index in [0.29, 0.717) is 18.8 Å². The van der Waals surface area contributed by atoms with Gasteiger partial charge in [-0.25, -0.2) is 8.42 Å². The zero-order valence-corrected chi connectivity index (χ0v) is 13.5.